The van der Waals surface area contributed by atoms with Crippen LogP contribution in [-0.4, -0.2) is 71.9 Å². The molecule has 1 unspecified atom stereocenters. The van der Waals surface area contributed by atoms with E-state index in [4.69, 9.17) is 4.74 Å². The molecule has 0 spiro atoms. The van der Waals surface area contributed by atoms with Gasteiger partial charge in [0.05, 0.1) is 36.1 Å². The Hall–Kier alpha value is -2.30. The molecule has 2 aromatic rings. The molecule has 0 radical (unpaired) electrons. The lowest BCUT2D eigenvalue weighted by Crippen LogP contribution is -2.49. The second-order valence-corrected chi connectivity index (χ2v) is 9.17. The van der Waals surface area contributed by atoms with Crippen molar-refractivity contribution in [2.45, 2.75) is 19.3 Å². The number of amides is 3. The number of aromatic nitrogens is 1. The normalized spacial score (nSPS) is 19.5. The summed E-state index contributed by atoms with van der Waals surface area (Å²) in [4.78, 5) is 46.3. The molecule has 30 heavy (non-hydrogen) atoms. The molecule has 8 nitrogen and oxygen atoms in total. The molecule has 0 saturated carbocycles. The molecule has 0 aromatic carbocycles. The van der Waals surface area contributed by atoms with Gasteiger partial charge < -0.3 is 14.5 Å². The van der Waals surface area contributed by atoms with E-state index >= 15 is 0 Å². The van der Waals surface area contributed by atoms with Crippen molar-refractivity contribution in [1.29, 1.82) is 0 Å². The van der Waals surface area contributed by atoms with E-state index in [1.807, 2.05) is 16.3 Å². The van der Waals surface area contributed by atoms with Crippen LogP contribution in [0.3, 0.4) is 0 Å². The molecule has 0 aliphatic carbocycles. The summed E-state index contributed by atoms with van der Waals surface area (Å²) >= 11 is 2.67. The second-order valence-electron chi connectivity index (χ2n) is 7.37. The van der Waals surface area contributed by atoms with Crippen molar-refractivity contribution < 1.29 is 19.1 Å². The fraction of sp³-hybridized carbons (Fsp3) is 0.500. The summed E-state index contributed by atoms with van der Waals surface area (Å²) in [6, 6.07) is 3.57. The summed E-state index contributed by atoms with van der Waals surface area (Å²) in [6.45, 7) is 3.54. The van der Waals surface area contributed by atoms with Gasteiger partial charge in [0.1, 0.15) is 0 Å². The molecule has 10 heteroatoms. The molecule has 1 N–H and O–H groups in total. The number of thiophene rings is 1. The van der Waals surface area contributed by atoms with E-state index in [0.29, 0.717) is 55.1 Å². The van der Waals surface area contributed by atoms with Crippen LogP contribution >= 0.6 is 22.7 Å². The second kappa shape index (κ2) is 9.67. The van der Waals surface area contributed by atoms with Gasteiger partial charge in [0.15, 0.2) is 5.13 Å². The number of thiazole rings is 1. The first-order valence-corrected chi connectivity index (χ1v) is 11.8. The molecule has 4 heterocycles. The van der Waals surface area contributed by atoms with Crippen molar-refractivity contribution in [3.8, 4) is 0 Å². The van der Waals surface area contributed by atoms with Crippen LogP contribution in [0.15, 0.2) is 22.9 Å². The van der Waals surface area contributed by atoms with Crippen LogP contribution in [-0.2, 0) is 20.7 Å². The number of rotatable bonds is 5. The van der Waals surface area contributed by atoms with Crippen LogP contribution in [0.2, 0.25) is 0 Å². The van der Waals surface area contributed by atoms with Crippen LogP contribution in [0, 0.1) is 5.92 Å². The molecule has 0 bridgehead atoms. The average molecular weight is 449 g/mol. The summed E-state index contributed by atoms with van der Waals surface area (Å²) in [5.74, 6) is -0.242. The van der Waals surface area contributed by atoms with E-state index in [1.54, 1.807) is 16.3 Å². The number of hydrogen-bond acceptors (Lipinski definition) is 7. The van der Waals surface area contributed by atoms with Crippen LogP contribution in [0.25, 0.3) is 0 Å². The quantitative estimate of drug-likeness (QED) is 0.756. The van der Waals surface area contributed by atoms with E-state index in [-0.39, 0.29) is 30.1 Å². The van der Waals surface area contributed by atoms with Gasteiger partial charge in [-0.25, -0.2) is 4.98 Å². The van der Waals surface area contributed by atoms with Crippen molar-refractivity contribution in [3.05, 3.63) is 33.5 Å². The highest BCUT2D eigenvalue weighted by Crippen LogP contribution is 2.22. The topological polar surface area (TPSA) is 91.8 Å². The van der Waals surface area contributed by atoms with Crippen LogP contribution in [0.1, 0.15) is 28.2 Å². The van der Waals surface area contributed by atoms with E-state index in [0.717, 1.165) is 12.8 Å². The number of nitrogens with one attached hydrogen (secondary N) is 1. The van der Waals surface area contributed by atoms with E-state index in [9.17, 15) is 14.4 Å². The van der Waals surface area contributed by atoms with Gasteiger partial charge in [-0.3, -0.25) is 19.7 Å². The highest BCUT2D eigenvalue weighted by Gasteiger charge is 2.32. The lowest BCUT2D eigenvalue weighted by molar-refractivity contribution is -0.143. The number of carbonyl (C=O) groups is 3. The number of ether oxygens (including phenoxy) is 1. The van der Waals surface area contributed by atoms with Gasteiger partial charge >= 0.3 is 0 Å². The van der Waals surface area contributed by atoms with Crippen LogP contribution in [0.4, 0.5) is 5.13 Å². The Balaban J connectivity index is 1.30. The van der Waals surface area contributed by atoms with E-state index in [2.05, 4.69) is 10.3 Å². The summed E-state index contributed by atoms with van der Waals surface area (Å²) in [6.07, 6.45) is 1.81. The highest BCUT2D eigenvalue weighted by atomic mass is 32.1. The lowest BCUT2D eigenvalue weighted by atomic mass is 9.96. The Kier molecular flexibility index (Phi) is 6.76. The number of morpholine rings is 1. The van der Waals surface area contributed by atoms with Gasteiger partial charge in [0, 0.05) is 31.6 Å². The number of hydrogen-bond donors (Lipinski definition) is 1. The molecule has 2 saturated heterocycles. The Morgan fingerprint density at radius 3 is 2.77 bits per heavy atom. The number of piperidine rings is 1. The fourth-order valence-electron chi connectivity index (χ4n) is 3.73. The Morgan fingerprint density at radius 1 is 1.17 bits per heavy atom. The largest absolute Gasteiger partial charge is 0.378 e. The Bertz CT molecular complexity index is 893. The van der Waals surface area contributed by atoms with Gasteiger partial charge in [-0.1, -0.05) is 6.07 Å². The van der Waals surface area contributed by atoms with Crippen molar-refractivity contribution in [2.75, 3.05) is 44.7 Å². The van der Waals surface area contributed by atoms with Gasteiger partial charge in [-0.15, -0.1) is 22.7 Å². The van der Waals surface area contributed by atoms with E-state index in [1.165, 1.54) is 22.7 Å². The summed E-state index contributed by atoms with van der Waals surface area (Å²) in [7, 11) is 0. The highest BCUT2D eigenvalue weighted by molar-refractivity contribution is 7.14. The molecule has 160 valence electrons. The molecule has 3 amide bonds. The number of nitrogens with zero attached hydrogens (tertiary/aromatic N) is 3. The first kappa shape index (κ1) is 21.0. The van der Waals surface area contributed by atoms with Crippen molar-refractivity contribution in [3.63, 3.8) is 0 Å². The van der Waals surface area contributed by atoms with Crippen molar-refractivity contribution >= 4 is 45.5 Å². The standard InChI is InChI=1S/C20H24N4O4S2/c25-17(11-15-13-30-20(21-15)22-18(26)16-4-2-10-29-16)24-5-1-3-14(12-24)19(27)23-6-8-28-9-7-23/h2,4,10,13-14H,1,3,5-9,11-12H2,(H,21,22,26). The molecule has 2 aliphatic heterocycles. The first-order chi connectivity index (χ1) is 14.6. The maximum absolute atomic E-state index is 12.8. The minimum atomic E-state index is -0.197. The predicted molar refractivity (Wildman–Crippen MR) is 115 cm³/mol. The van der Waals surface area contributed by atoms with Crippen molar-refractivity contribution in [2.24, 2.45) is 5.92 Å². The van der Waals surface area contributed by atoms with Gasteiger partial charge in [-0.2, -0.15) is 0 Å². The summed E-state index contributed by atoms with van der Waals surface area (Å²) in [5.41, 5.74) is 0.633. The Labute approximate surface area is 182 Å². The zero-order chi connectivity index (χ0) is 20.9. The molecular formula is C20H24N4O4S2. The third-order valence-electron chi connectivity index (χ3n) is 5.30. The maximum atomic E-state index is 12.8. The summed E-state index contributed by atoms with van der Waals surface area (Å²) in [5, 5.41) is 6.89. The third kappa shape index (κ3) is 5.05. The molecule has 2 fully saturated rings. The molecule has 1 atom stereocenters. The monoisotopic (exact) mass is 448 g/mol. The van der Waals surface area contributed by atoms with Crippen LogP contribution < -0.4 is 5.32 Å². The maximum Gasteiger partial charge on any atom is 0.267 e. The third-order valence-corrected chi connectivity index (χ3v) is 6.97. The number of likely N-dealkylation sites (tertiary alicyclic amines) is 1. The average Bonchev–Trinajstić information content (AvgIpc) is 3.46. The zero-order valence-electron chi connectivity index (χ0n) is 16.5. The SMILES string of the molecule is O=C(Nc1nc(CC(=O)N2CCCC(C(=O)N3CCOCC3)C2)cs1)c1cccs1. The smallest absolute Gasteiger partial charge is 0.267 e. The minimum absolute atomic E-state index is 0.0316. The fourth-order valence-corrected chi connectivity index (χ4v) is 5.05. The van der Waals surface area contributed by atoms with Gasteiger partial charge in [0.25, 0.3) is 5.91 Å². The first-order valence-electron chi connectivity index (χ1n) is 10.0. The number of carbonyl (C=O) groups excluding carboxylic acids is 3. The molecule has 2 aromatic heterocycles. The molecule has 4 rings (SSSR count). The molecular weight excluding hydrogens is 424 g/mol. The van der Waals surface area contributed by atoms with Crippen molar-refractivity contribution in [1.82, 2.24) is 14.8 Å². The number of anilines is 1. The van der Waals surface area contributed by atoms with Gasteiger partial charge in [-0.05, 0) is 24.3 Å². The summed E-state index contributed by atoms with van der Waals surface area (Å²) < 4.78 is 5.32. The van der Waals surface area contributed by atoms with Crippen LogP contribution in [0.5, 0.6) is 0 Å². The minimum Gasteiger partial charge on any atom is -0.378 e. The Morgan fingerprint density at radius 2 is 2.00 bits per heavy atom. The van der Waals surface area contributed by atoms with Gasteiger partial charge in [0.2, 0.25) is 11.8 Å². The predicted octanol–water partition coefficient (Wildman–Crippen LogP) is 2.10. The lowest BCUT2D eigenvalue weighted by Gasteiger charge is -2.36. The van der Waals surface area contributed by atoms with E-state index < -0.39 is 0 Å². The molecule has 2 aliphatic rings. The zero-order valence-corrected chi connectivity index (χ0v) is 18.2.